The maximum absolute atomic E-state index is 13.0. The number of halogens is 1. The summed E-state index contributed by atoms with van der Waals surface area (Å²) in [6.07, 6.45) is 2.53. The summed E-state index contributed by atoms with van der Waals surface area (Å²) in [5.74, 6) is 0.130. The second-order valence-electron chi connectivity index (χ2n) is 6.45. The maximum Gasteiger partial charge on any atom is 0.262 e. The Kier molecular flexibility index (Phi) is 5.53. The van der Waals surface area contributed by atoms with Gasteiger partial charge < -0.3 is 9.73 Å². The van der Waals surface area contributed by atoms with E-state index in [0.29, 0.717) is 17.0 Å². The van der Waals surface area contributed by atoms with Gasteiger partial charge in [-0.1, -0.05) is 41.1 Å². The van der Waals surface area contributed by atoms with E-state index in [4.69, 9.17) is 4.42 Å². The molecule has 6 heteroatoms. The largest absolute Gasteiger partial charge is 0.438 e. The summed E-state index contributed by atoms with van der Waals surface area (Å²) in [6.45, 7) is 2.09. The van der Waals surface area contributed by atoms with E-state index in [-0.39, 0.29) is 11.5 Å². The first-order valence-electron chi connectivity index (χ1n) is 9.22. The van der Waals surface area contributed by atoms with E-state index < -0.39 is 0 Å². The zero-order valence-electron chi connectivity index (χ0n) is 15.7. The molecular formula is C23H18BrN3O2. The lowest BCUT2D eigenvalue weighted by Crippen LogP contribution is -2.22. The van der Waals surface area contributed by atoms with Crippen molar-refractivity contribution in [3.63, 3.8) is 0 Å². The molecule has 2 aromatic carbocycles. The minimum Gasteiger partial charge on any atom is -0.438 e. The van der Waals surface area contributed by atoms with Crippen molar-refractivity contribution in [1.82, 2.24) is 4.98 Å². The van der Waals surface area contributed by atoms with Crippen LogP contribution in [-0.4, -0.2) is 10.9 Å². The third kappa shape index (κ3) is 4.43. The molecule has 1 N–H and O–H groups in total. The summed E-state index contributed by atoms with van der Waals surface area (Å²) in [4.78, 5) is 21.8. The van der Waals surface area contributed by atoms with Crippen LogP contribution in [0.15, 0.2) is 86.8 Å². The molecule has 2 heterocycles. The number of rotatable bonds is 4. The second-order valence-corrected chi connectivity index (χ2v) is 7.37. The molecule has 29 heavy (non-hydrogen) atoms. The van der Waals surface area contributed by atoms with Crippen LogP contribution < -0.4 is 10.9 Å². The van der Waals surface area contributed by atoms with E-state index >= 15 is 0 Å². The average Bonchev–Trinajstić information content (AvgIpc) is 2.74. The summed E-state index contributed by atoms with van der Waals surface area (Å²) in [5.41, 5.74) is 3.13. The van der Waals surface area contributed by atoms with Crippen molar-refractivity contribution in [2.75, 3.05) is 5.32 Å². The molecule has 0 aliphatic carbocycles. The third-order valence-corrected chi connectivity index (χ3v) is 4.90. The molecule has 2 aromatic heterocycles. The number of benzene rings is 2. The molecule has 0 spiro atoms. The SMILES string of the molecule is CCc1cccc(N=c2oc3ccc(Br)cc3cc2C(=O)Nc2ccccn2)c1. The molecule has 4 aromatic rings. The topological polar surface area (TPSA) is 67.5 Å². The van der Waals surface area contributed by atoms with E-state index in [9.17, 15) is 4.79 Å². The molecule has 0 aliphatic rings. The van der Waals surface area contributed by atoms with Crippen LogP contribution in [0.4, 0.5) is 11.5 Å². The molecule has 144 valence electrons. The van der Waals surface area contributed by atoms with Gasteiger partial charge in [0.05, 0.1) is 5.69 Å². The highest BCUT2D eigenvalue weighted by atomic mass is 79.9. The molecule has 0 saturated carbocycles. The Balaban J connectivity index is 1.86. The fraction of sp³-hybridized carbons (Fsp3) is 0.0870. The van der Waals surface area contributed by atoms with Gasteiger partial charge in [-0.2, -0.15) is 0 Å². The van der Waals surface area contributed by atoms with Gasteiger partial charge in [0.25, 0.3) is 5.91 Å². The number of hydrogen-bond acceptors (Lipinski definition) is 4. The van der Waals surface area contributed by atoms with Crippen LogP contribution in [0.3, 0.4) is 0 Å². The predicted molar refractivity (Wildman–Crippen MR) is 117 cm³/mol. The van der Waals surface area contributed by atoms with E-state index in [2.05, 4.69) is 38.1 Å². The quantitative estimate of drug-likeness (QED) is 0.440. The van der Waals surface area contributed by atoms with Crippen molar-refractivity contribution in [2.24, 2.45) is 4.99 Å². The molecule has 0 fully saturated rings. The van der Waals surface area contributed by atoms with Gasteiger partial charge in [-0.05, 0) is 60.5 Å². The summed E-state index contributed by atoms with van der Waals surface area (Å²) in [5, 5.41) is 3.60. The van der Waals surface area contributed by atoms with Gasteiger partial charge in [0.2, 0.25) is 5.55 Å². The summed E-state index contributed by atoms with van der Waals surface area (Å²) >= 11 is 3.46. The van der Waals surface area contributed by atoms with E-state index in [1.165, 1.54) is 0 Å². The van der Waals surface area contributed by atoms with Gasteiger partial charge in [0.15, 0.2) is 0 Å². The number of carbonyl (C=O) groups excluding carboxylic acids is 1. The van der Waals surface area contributed by atoms with Crippen molar-refractivity contribution >= 4 is 44.3 Å². The molecule has 1 amide bonds. The Labute approximate surface area is 176 Å². The number of anilines is 1. The Morgan fingerprint density at radius 3 is 2.79 bits per heavy atom. The van der Waals surface area contributed by atoms with E-state index in [1.54, 1.807) is 24.4 Å². The van der Waals surface area contributed by atoms with Crippen LogP contribution >= 0.6 is 15.9 Å². The average molecular weight is 448 g/mol. The van der Waals surface area contributed by atoms with Crippen molar-refractivity contribution in [3.8, 4) is 0 Å². The smallest absolute Gasteiger partial charge is 0.262 e. The molecular weight excluding hydrogens is 430 g/mol. The van der Waals surface area contributed by atoms with Crippen LogP contribution in [0.25, 0.3) is 11.0 Å². The van der Waals surface area contributed by atoms with Crippen molar-refractivity contribution in [1.29, 1.82) is 0 Å². The molecule has 0 atom stereocenters. The van der Waals surface area contributed by atoms with E-state index in [1.807, 2.05) is 48.5 Å². The molecule has 5 nitrogen and oxygen atoms in total. The van der Waals surface area contributed by atoms with Gasteiger partial charge >= 0.3 is 0 Å². The number of aryl methyl sites for hydroxylation is 1. The number of nitrogens with one attached hydrogen (secondary N) is 1. The van der Waals surface area contributed by atoms with Gasteiger partial charge in [-0.25, -0.2) is 9.98 Å². The molecule has 0 saturated heterocycles. The lowest BCUT2D eigenvalue weighted by atomic mass is 10.1. The highest BCUT2D eigenvalue weighted by Gasteiger charge is 2.14. The fourth-order valence-corrected chi connectivity index (χ4v) is 3.31. The maximum atomic E-state index is 13.0. The second kappa shape index (κ2) is 8.41. The first kappa shape index (κ1) is 19.1. The van der Waals surface area contributed by atoms with Crippen molar-refractivity contribution < 1.29 is 9.21 Å². The zero-order chi connectivity index (χ0) is 20.2. The summed E-state index contributed by atoms with van der Waals surface area (Å²) < 4.78 is 6.92. The predicted octanol–water partition coefficient (Wildman–Crippen LogP) is 5.64. The minimum absolute atomic E-state index is 0.251. The summed E-state index contributed by atoms with van der Waals surface area (Å²) in [7, 11) is 0. The number of nitrogens with zero attached hydrogens (tertiary/aromatic N) is 2. The van der Waals surface area contributed by atoms with Crippen LogP contribution in [0, 0.1) is 0 Å². The third-order valence-electron chi connectivity index (χ3n) is 4.41. The Bertz CT molecular complexity index is 1250. The monoisotopic (exact) mass is 447 g/mol. The van der Waals surface area contributed by atoms with Gasteiger partial charge in [-0.15, -0.1) is 0 Å². The number of carbonyl (C=O) groups is 1. The minimum atomic E-state index is -0.334. The van der Waals surface area contributed by atoms with Crippen LogP contribution in [-0.2, 0) is 6.42 Å². The Hall–Kier alpha value is -3.25. The van der Waals surface area contributed by atoms with Gasteiger partial charge in [0, 0.05) is 16.1 Å². The number of pyridine rings is 1. The van der Waals surface area contributed by atoms with Crippen molar-refractivity contribution in [2.45, 2.75) is 13.3 Å². The van der Waals surface area contributed by atoms with Crippen molar-refractivity contribution in [3.05, 3.63) is 94.1 Å². The highest BCUT2D eigenvalue weighted by Crippen LogP contribution is 2.21. The molecule has 0 aliphatic heterocycles. The number of aromatic nitrogens is 1. The standard InChI is InChI=1S/C23H18BrN3O2/c1-2-15-6-5-7-18(12-15)26-23-19(22(28)27-21-8-3-4-11-25-21)14-16-13-17(24)9-10-20(16)29-23/h3-14H,2H2,1H3,(H,25,27,28). The van der Waals surface area contributed by atoms with E-state index in [0.717, 1.165) is 27.5 Å². The molecule has 4 rings (SSSR count). The molecule has 0 unspecified atom stereocenters. The lowest BCUT2D eigenvalue weighted by molar-refractivity contribution is 0.102. The van der Waals surface area contributed by atoms with Gasteiger partial charge in [-0.3, -0.25) is 4.79 Å². The molecule has 0 radical (unpaired) electrons. The first-order chi connectivity index (χ1) is 14.1. The zero-order valence-corrected chi connectivity index (χ0v) is 17.3. The van der Waals surface area contributed by atoms with Gasteiger partial charge in [0.1, 0.15) is 17.0 Å². The Morgan fingerprint density at radius 1 is 1.10 bits per heavy atom. The van der Waals surface area contributed by atoms with Crippen LogP contribution in [0.1, 0.15) is 22.8 Å². The highest BCUT2D eigenvalue weighted by molar-refractivity contribution is 9.10. The first-order valence-corrected chi connectivity index (χ1v) is 10.0. The number of amides is 1. The fourth-order valence-electron chi connectivity index (χ4n) is 2.93. The molecule has 0 bridgehead atoms. The Morgan fingerprint density at radius 2 is 2.00 bits per heavy atom. The van der Waals surface area contributed by atoms with Crippen LogP contribution in [0.2, 0.25) is 0 Å². The normalized spacial score (nSPS) is 11.6. The lowest BCUT2D eigenvalue weighted by Gasteiger charge is -2.07. The number of hydrogen-bond donors (Lipinski definition) is 1. The number of fused-ring (bicyclic) bond motifs is 1. The summed E-state index contributed by atoms with van der Waals surface area (Å²) in [6, 6.07) is 20.6. The van der Waals surface area contributed by atoms with Crippen LogP contribution in [0.5, 0.6) is 0 Å².